The highest BCUT2D eigenvalue weighted by molar-refractivity contribution is 5.88. The van der Waals surface area contributed by atoms with E-state index in [1.807, 2.05) is 43.6 Å². The number of nitrogens with zero attached hydrogens (tertiary/aromatic N) is 5. The highest BCUT2D eigenvalue weighted by Crippen LogP contribution is 2.33. The van der Waals surface area contributed by atoms with Crippen LogP contribution in [0.15, 0.2) is 42.6 Å². The van der Waals surface area contributed by atoms with Crippen molar-refractivity contribution >= 4 is 27.8 Å². The number of anilines is 1. The Bertz CT molecular complexity index is 1170. The van der Waals surface area contributed by atoms with Crippen molar-refractivity contribution in [3.8, 4) is 17.0 Å². The summed E-state index contributed by atoms with van der Waals surface area (Å²) in [6, 6.07) is 11.6. The number of aryl methyl sites for hydroxylation is 1. The van der Waals surface area contributed by atoms with Gasteiger partial charge in [-0.3, -0.25) is 4.68 Å². The molecule has 0 saturated carbocycles. The molecule has 1 saturated heterocycles. The maximum atomic E-state index is 10.4. The Morgan fingerprint density at radius 1 is 1.07 bits per heavy atom. The number of phenols is 1. The average molecular weight is 360 g/mol. The molecular formula is C20H20N6O. The fourth-order valence-corrected chi connectivity index (χ4v) is 3.71. The highest BCUT2D eigenvalue weighted by Gasteiger charge is 2.20. The average Bonchev–Trinajstić information content (AvgIpc) is 3.24. The van der Waals surface area contributed by atoms with Crippen LogP contribution >= 0.6 is 0 Å². The summed E-state index contributed by atoms with van der Waals surface area (Å²) in [6.45, 7) is 1.77. The lowest BCUT2D eigenvalue weighted by atomic mass is 10.1. The van der Waals surface area contributed by atoms with E-state index >= 15 is 0 Å². The second kappa shape index (κ2) is 5.92. The Hall–Kier alpha value is -3.19. The molecule has 3 N–H and O–H groups in total. The lowest BCUT2D eigenvalue weighted by Gasteiger charge is -2.17. The first-order valence-electron chi connectivity index (χ1n) is 9.02. The number of aromatic nitrogens is 4. The SMILES string of the molecule is Cn1cc2cc(-c3ccc4nc(N5CCC(N)C5)ccc4n3)c(O)cc2n1. The molecule has 1 aliphatic rings. The largest absolute Gasteiger partial charge is 0.507 e. The Balaban J connectivity index is 1.55. The van der Waals surface area contributed by atoms with Crippen molar-refractivity contribution in [2.24, 2.45) is 12.8 Å². The van der Waals surface area contributed by atoms with E-state index in [0.717, 1.165) is 47.3 Å². The first-order valence-corrected chi connectivity index (χ1v) is 9.02. The quantitative estimate of drug-likeness (QED) is 0.570. The first kappa shape index (κ1) is 16.0. The number of benzene rings is 1. The first-order chi connectivity index (χ1) is 13.1. The van der Waals surface area contributed by atoms with Gasteiger partial charge in [0.25, 0.3) is 0 Å². The maximum absolute atomic E-state index is 10.4. The smallest absolute Gasteiger partial charge is 0.129 e. The molecule has 5 rings (SSSR count). The molecule has 4 aromatic rings. The van der Waals surface area contributed by atoms with Crippen LogP contribution < -0.4 is 10.6 Å². The number of phenolic OH excluding ortho intramolecular Hbond substituents is 1. The molecule has 0 radical (unpaired) electrons. The summed E-state index contributed by atoms with van der Waals surface area (Å²) in [6.07, 6.45) is 2.92. The van der Waals surface area contributed by atoms with E-state index in [4.69, 9.17) is 15.7 Å². The number of rotatable bonds is 2. The monoisotopic (exact) mass is 360 g/mol. The molecule has 0 spiro atoms. The van der Waals surface area contributed by atoms with Gasteiger partial charge in [-0.1, -0.05) is 0 Å². The van der Waals surface area contributed by atoms with E-state index in [2.05, 4.69) is 10.00 Å². The number of hydrogen-bond acceptors (Lipinski definition) is 6. The van der Waals surface area contributed by atoms with E-state index in [-0.39, 0.29) is 11.8 Å². The fraction of sp³-hybridized carbons (Fsp3) is 0.250. The van der Waals surface area contributed by atoms with Crippen LogP contribution in [-0.4, -0.2) is 44.0 Å². The molecule has 0 aliphatic carbocycles. The summed E-state index contributed by atoms with van der Waals surface area (Å²) < 4.78 is 1.73. The predicted octanol–water partition coefficient (Wildman–Crippen LogP) is 2.43. The van der Waals surface area contributed by atoms with Crippen LogP contribution in [0.5, 0.6) is 5.75 Å². The van der Waals surface area contributed by atoms with Crippen LogP contribution in [-0.2, 0) is 7.05 Å². The number of hydrogen-bond donors (Lipinski definition) is 2. The Morgan fingerprint density at radius 2 is 1.89 bits per heavy atom. The Kier molecular flexibility index (Phi) is 3.51. The summed E-state index contributed by atoms with van der Waals surface area (Å²) in [7, 11) is 1.86. The molecule has 136 valence electrons. The van der Waals surface area contributed by atoms with Gasteiger partial charge in [-0.25, -0.2) is 9.97 Å². The minimum atomic E-state index is 0.170. The molecule has 1 aromatic carbocycles. The fourth-order valence-electron chi connectivity index (χ4n) is 3.71. The number of nitrogens with two attached hydrogens (primary N) is 1. The molecule has 1 fully saturated rings. The molecular weight excluding hydrogens is 340 g/mol. The topological polar surface area (TPSA) is 93.1 Å². The van der Waals surface area contributed by atoms with Crippen molar-refractivity contribution in [1.82, 2.24) is 19.7 Å². The van der Waals surface area contributed by atoms with Gasteiger partial charge in [-0.2, -0.15) is 5.10 Å². The zero-order valence-corrected chi connectivity index (χ0v) is 15.0. The standard InChI is InChI=1S/C20H20N6O/c1-25-10-12-8-14(19(27)9-18(12)24-25)15-2-3-17-16(22-15)4-5-20(23-17)26-7-6-13(21)11-26/h2-5,8-10,13,27H,6-7,11,21H2,1H3. The molecule has 27 heavy (non-hydrogen) atoms. The number of pyridine rings is 2. The van der Waals surface area contributed by atoms with Crippen molar-refractivity contribution < 1.29 is 5.11 Å². The molecule has 4 heterocycles. The van der Waals surface area contributed by atoms with Gasteiger partial charge in [0.2, 0.25) is 0 Å². The van der Waals surface area contributed by atoms with Crippen LogP contribution in [0.3, 0.4) is 0 Å². The molecule has 1 unspecified atom stereocenters. The summed E-state index contributed by atoms with van der Waals surface area (Å²) in [4.78, 5) is 11.7. The Morgan fingerprint density at radius 3 is 2.70 bits per heavy atom. The second-order valence-electron chi connectivity index (χ2n) is 7.13. The van der Waals surface area contributed by atoms with Gasteiger partial charge in [0.15, 0.2) is 0 Å². The van der Waals surface area contributed by atoms with Crippen molar-refractivity contribution in [2.75, 3.05) is 18.0 Å². The summed E-state index contributed by atoms with van der Waals surface area (Å²) in [5, 5.41) is 15.7. The minimum Gasteiger partial charge on any atom is -0.507 e. The Labute approximate surface area is 156 Å². The van der Waals surface area contributed by atoms with Crippen molar-refractivity contribution in [3.05, 3.63) is 42.6 Å². The molecule has 1 atom stereocenters. The number of fused-ring (bicyclic) bond motifs is 2. The van der Waals surface area contributed by atoms with E-state index in [1.54, 1.807) is 10.7 Å². The molecule has 7 heteroatoms. The van der Waals surface area contributed by atoms with Crippen molar-refractivity contribution in [1.29, 1.82) is 0 Å². The lowest BCUT2D eigenvalue weighted by Crippen LogP contribution is -2.26. The molecule has 1 aliphatic heterocycles. The van der Waals surface area contributed by atoms with Gasteiger partial charge >= 0.3 is 0 Å². The van der Waals surface area contributed by atoms with Crippen LogP contribution in [0.2, 0.25) is 0 Å². The van der Waals surface area contributed by atoms with Gasteiger partial charge in [0.05, 0.1) is 22.2 Å². The second-order valence-corrected chi connectivity index (χ2v) is 7.13. The normalized spacial score (nSPS) is 17.3. The van der Waals surface area contributed by atoms with Crippen molar-refractivity contribution in [3.63, 3.8) is 0 Å². The van der Waals surface area contributed by atoms with E-state index in [1.165, 1.54) is 0 Å². The lowest BCUT2D eigenvalue weighted by molar-refractivity contribution is 0.478. The maximum Gasteiger partial charge on any atom is 0.129 e. The van der Waals surface area contributed by atoms with E-state index < -0.39 is 0 Å². The minimum absolute atomic E-state index is 0.170. The number of aromatic hydroxyl groups is 1. The summed E-state index contributed by atoms with van der Waals surface area (Å²) in [5.74, 6) is 1.10. The van der Waals surface area contributed by atoms with Gasteiger partial charge in [-0.15, -0.1) is 0 Å². The third-order valence-electron chi connectivity index (χ3n) is 5.09. The zero-order valence-electron chi connectivity index (χ0n) is 15.0. The van der Waals surface area contributed by atoms with E-state index in [9.17, 15) is 5.11 Å². The van der Waals surface area contributed by atoms with E-state index in [0.29, 0.717) is 11.3 Å². The van der Waals surface area contributed by atoms with Crippen LogP contribution in [0.4, 0.5) is 5.82 Å². The molecule has 0 amide bonds. The van der Waals surface area contributed by atoms with Crippen molar-refractivity contribution in [2.45, 2.75) is 12.5 Å². The van der Waals surface area contributed by atoms with Gasteiger partial charge in [0.1, 0.15) is 11.6 Å². The van der Waals surface area contributed by atoms with Gasteiger partial charge in [0, 0.05) is 49.4 Å². The molecule has 0 bridgehead atoms. The van der Waals surface area contributed by atoms with Gasteiger partial charge in [-0.05, 0) is 36.8 Å². The van der Waals surface area contributed by atoms with Crippen LogP contribution in [0, 0.1) is 0 Å². The van der Waals surface area contributed by atoms with Crippen LogP contribution in [0.1, 0.15) is 6.42 Å². The highest BCUT2D eigenvalue weighted by atomic mass is 16.3. The molecule has 3 aromatic heterocycles. The summed E-state index contributed by atoms with van der Waals surface area (Å²) in [5.41, 5.74) is 9.79. The third-order valence-corrected chi connectivity index (χ3v) is 5.09. The predicted molar refractivity (Wildman–Crippen MR) is 106 cm³/mol. The zero-order chi connectivity index (χ0) is 18.5. The summed E-state index contributed by atoms with van der Waals surface area (Å²) >= 11 is 0. The third kappa shape index (κ3) is 2.76. The molecule has 7 nitrogen and oxygen atoms in total. The van der Waals surface area contributed by atoms with Crippen LogP contribution in [0.25, 0.3) is 33.2 Å². The van der Waals surface area contributed by atoms with Gasteiger partial charge < -0.3 is 15.7 Å².